The average molecular weight is 289 g/mol. The fourth-order valence-corrected chi connectivity index (χ4v) is 1.89. The molecule has 0 saturated heterocycles. The highest BCUT2D eigenvalue weighted by Gasteiger charge is 2.22. The number of hydrogen-bond acceptors (Lipinski definition) is 4. The number of carbonyl (C=O) groups excluding carboxylic acids is 1. The number of nitrogens with zero attached hydrogens (tertiary/aromatic N) is 2. The second kappa shape index (κ2) is 7.00. The summed E-state index contributed by atoms with van der Waals surface area (Å²) < 4.78 is 30.5. The Labute approximate surface area is 114 Å². The lowest BCUT2D eigenvalue weighted by molar-refractivity contribution is -0.142. The van der Waals surface area contributed by atoms with Gasteiger partial charge >= 0.3 is 5.97 Å². The maximum absolute atomic E-state index is 12.9. The van der Waals surface area contributed by atoms with Gasteiger partial charge in [0.25, 0.3) is 6.43 Å². The number of aromatic nitrogens is 1. The first kappa shape index (κ1) is 15.3. The largest absolute Gasteiger partial charge is 0.466 e. The van der Waals surface area contributed by atoms with E-state index in [1.807, 2.05) is 0 Å². The lowest BCUT2D eigenvalue weighted by Crippen LogP contribution is -2.13. The SMILES string of the molecule is CCOC(=O)Cc1c(C(F)F)cnc(C#N)c1CCl. The normalized spacial score (nSPS) is 10.3. The summed E-state index contributed by atoms with van der Waals surface area (Å²) in [7, 11) is 0. The van der Waals surface area contributed by atoms with Crippen molar-refractivity contribution in [2.75, 3.05) is 6.61 Å². The van der Waals surface area contributed by atoms with Crippen molar-refractivity contribution in [3.05, 3.63) is 28.6 Å². The molecule has 0 fully saturated rings. The first-order valence-electron chi connectivity index (χ1n) is 5.45. The lowest BCUT2D eigenvalue weighted by atomic mass is 9.99. The number of halogens is 3. The van der Waals surface area contributed by atoms with Crippen LogP contribution in [0.25, 0.3) is 0 Å². The molecule has 0 radical (unpaired) electrons. The summed E-state index contributed by atoms with van der Waals surface area (Å²) >= 11 is 5.67. The summed E-state index contributed by atoms with van der Waals surface area (Å²) in [6.07, 6.45) is -2.26. The Morgan fingerprint density at radius 3 is 2.74 bits per heavy atom. The minimum Gasteiger partial charge on any atom is -0.466 e. The van der Waals surface area contributed by atoms with Gasteiger partial charge in [-0.2, -0.15) is 5.26 Å². The number of pyridine rings is 1. The third-order valence-corrected chi connectivity index (χ3v) is 2.70. The standard InChI is InChI=1S/C12H11ClF2N2O2/c1-2-19-11(18)3-7-8(4-13)10(5-16)17-6-9(7)12(14)15/h6,12H,2-4H2,1H3. The molecule has 102 valence electrons. The number of nitriles is 1. The Bertz CT molecular complexity index is 515. The zero-order valence-electron chi connectivity index (χ0n) is 10.1. The van der Waals surface area contributed by atoms with Crippen LogP contribution in [-0.2, 0) is 21.8 Å². The van der Waals surface area contributed by atoms with Gasteiger partial charge in [-0.05, 0) is 12.5 Å². The zero-order chi connectivity index (χ0) is 14.4. The fraction of sp³-hybridized carbons (Fsp3) is 0.417. The van der Waals surface area contributed by atoms with Gasteiger partial charge in [-0.25, -0.2) is 13.8 Å². The highest BCUT2D eigenvalue weighted by Crippen LogP contribution is 2.28. The summed E-state index contributed by atoms with van der Waals surface area (Å²) in [5, 5.41) is 8.87. The quantitative estimate of drug-likeness (QED) is 0.617. The van der Waals surface area contributed by atoms with Crippen LogP contribution >= 0.6 is 11.6 Å². The molecular weight excluding hydrogens is 278 g/mol. The maximum Gasteiger partial charge on any atom is 0.310 e. The molecule has 0 atom stereocenters. The molecule has 1 aromatic heterocycles. The summed E-state index contributed by atoms with van der Waals surface area (Å²) in [6.45, 7) is 1.76. The van der Waals surface area contributed by atoms with Crippen molar-refractivity contribution in [1.82, 2.24) is 4.98 Å². The predicted octanol–water partition coefficient (Wildman–Crippen LogP) is 2.74. The Kier molecular flexibility index (Phi) is 5.64. The summed E-state index contributed by atoms with van der Waals surface area (Å²) in [5.41, 5.74) is -0.286. The number of ether oxygens (including phenoxy) is 1. The lowest BCUT2D eigenvalue weighted by Gasteiger charge is -2.13. The van der Waals surface area contributed by atoms with E-state index in [0.29, 0.717) is 0 Å². The van der Waals surface area contributed by atoms with E-state index in [1.165, 1.54) is 0 Å². The Hall–Kier alpha value is -1.74. The van der Waals surface area contributed by atoms with Gasteiger partial charge in [0.1, 0.15) is 11.8 Å². The van der Waals surface area contributed by atoms with E-state index in [0.717, 1.165) is 6.20 Å². The average Bonchev–Trinajstić information content (AvgIpc) is 2.37. The van der Waals surface area contributed by atoms with Crippen LogP contribution < -0.4 is 0 Å². The molecule has 0 spiro atoms. The summed E-state index contributed by atoms with van der Waals surface area (Å²) in [6, 6.07) is 1.77. The summed E-state index contributed by atoms with van der Waals surface area (Å²) in [5.74, 6) is -0.823. The molecule has 1 heterocycles. The van der Waals surface area contributed by atoms with Crippen LogP contribution in [0.4, 0.5) is 8.78 Å². The molecule has 0 unspecified atom stereocenters. The molecule has 7 heteroatoms. The third kappa shape index (κ3) is 3.61. The first-order chi connectivity index (χ1) is 9.04. The molecule has 19 heavy (non-hydrogen) atoms. The van der Waals surface area contributed by atoms with E-state index >= 15 is 0 Å². The second-order valence-corrected chi connectivity index (χ2v) is 3.81. The van der Waals surface area contributed by atoms with Crippen LogP contribution in [0.1, 0.15) is 35.7 Å². The van der Waals surface area contributed by atoms with Gasteiger partial charge in [0.2, 0.25) is 0 Å². The van der Waals surface area contributed by atoms with Crippen LogP contribution in [0.5, 0.6) is 0 Å². The number of alkyl halides is 3. The van der Waals surface area contributed by atoms with E-state index in [9.17, 15) is 13.6 Å². The van der Waals surface area contributed by atoms with E-state index in [4.69, 9.17) is 21.6 Å². The number of hydrogen-bond donors (Lipinski definition) is 0. The molecule has 0 aliphatic carbocycles. The topological polar surface area (TPSA) is 63.0 Å². The van der Waals surface area contributed by atoms with Gasteiger partial charge in [-0.3, -0.25) is 4.79 Å². The van der Waals surface area contributed by atoms with Crippen molar-refractivity contribution in [1.29, 1.82) is 5.26 Å². The molecule has 0 aliphatic heterocycles. The van der Waals surface area contributed by atoms with Crippen LogP contribution in [0.3, 0.4) is 0 Å². The molecular formula is C12H11ClF2N2O2. The van der Waals surface area contributed by atoms with Gasteiger partial charge in [-0.1, -0.05) is 0 Å². The van der Waals surface area contributed by atoms with E-state index < -0.39 is 18.0 Å². The molecule has 0 saturated carbocycles. The van der Waals surface area contributed by atoms with Crippen molar-refractivity contribution in [3.8, 4) is 6.07 Å². The molecule has 0 amide bonds. The molecule has 0 aliphatic rings. The summed E-state index contributed by atoms with van der Waals surface area (Å²) in [4.78, 5) is 15.1. The van der Waals surface area contributed by atoms with Crippen molar-refractivity contribution in [3.63, 3.8) is 0 Å². The van der Waals surface area contributed by atoms with Gasteiger partial charge in [-0.15, -0.1) is 11.6 Å². The monoisotopic (exact) mass is 288 g/mol. The molecule has 0 aromatic carbocycles. The number of carbonyl (C=O) groups is 1. The molecule has 4 nitrogen and oxygen atoms in total. The van der Waals surface area contributed by atoms with Crippen LogP contribution in [0, 0.1) is 11.3 Å². The highest BCUT2D eigenvalue weighted by molar-refractivity contribution is 6.17. The van der Waals surface area contributed by atoms with Crippen LogP contribution in [0.2, 0.25) is 0 Å². The van der Waals surface area contributed by atoms with E-state index in [2.05, 4.69) is 4.98 Å². The van der Waals surface area contributed by atoms with Crippen LogP contribution in [-0.4, -0.2) is 17.6 Å². The third-order valence-electron chi connectivity index (χ3n) is 2.43. The van der Waals surface area contributed by atoms with Crippen molar-refractivity contribution in [2.45, 2.75) is 25.7 Å². The molecule has 1 rings (SSSR count). The van der Waals surface area contributed by atoms with Crippen molar-refractivity contribution < 1.29 is 18.3 Å². The van der Waals surface area contributed by atoms with Crippen molar-refractivity contribution in [2.24, 2.45) is 0 Å². The van der Waals surface area contributed by atoms with E-state index in [1.54, 1.807) is 13.0 Å². The Balaban J connectivity index is 3.30. The Morgan fingerprint density at radius 2 is 2.26 bits per heavy atom. The molecule has 0 N–H and O–H groups in total. The smallest absolute Gasteiger partial charge is 0.310 e. The van der Waals surface area contributed by atoms with E-state index in [-0.39, 0.29) is 35.7 Å². The van der Waals surface area contributed by atoms with Gasteiger partial charge in [0.05, 0.1) is 18.9 Å². The number of rotatable bonds is 5. The minimum absolute atomic E-state index is 0.0231. The minimum atomic E-state index is -2.80. The van der Waals surface area contributed by atoms with Gasteiger partial charge in [0, 0.05) is 17.3 Å². The zero-order valence-corrected chi connectivity index (χ0v) is 10.9. The highest BCUT2D eigenvalue weighted by atomic mass is 35.5. The first-order valence-corrected chi connectivity index (χ1v) is 5.99. The Morgan fingerprint density at radius 1 is 1.58 bits per heavy atom. The second-order valence-electron chi connectivity index (χ2n) is 3.55. The van der Waals surface area contributed by atoms with Gasteiger partial charge in [0.15, 0.2) is 0 Å². The van der Waals surface area contributed by atoms with Crippen LogP contribution in [0.15, 0.2) is 6.20 Å². The maximum atomic E-state index is 12.9. The molecule has 0 bridgehead atoms. The van der Waals surface area contributed by atoms with Crippen molar-refractivity contribution >= 4 is 17.6 Å². The van der Waals surface area contributed by atoms with Gasteiger partial charge < -0.3 is 4.74 Å². The molecule has 1 aromatic rings. The fourth-order valence-electron chi connectivity index (χ4n) is 1.60. The number of esters is 1. The predicted molar refractivity (Wildman–Crippen MR) is 63.8 cm³/mol.